The molecule has 0 amide bonds. The number of alkyl halides is 1. The van der Waals surface area contributed by atoms with Gasteiger partial charge in [-0.2, -0.15) is 0 Å². The fourth-order valence-corrected chi connectivity index (χ4v) is 1.90. The summed E-state index contributed by atoms with van der Waals surface area (Å²) >= 11 is 2.35. The molecule has 1 aliphatic heterocycles. The molecular weight excluding hydrogens is 279 g/mol. The van der Waals surface area contributed by atoms with E-state index >= 15 is 0 Å². The molecule has 0 aromatic heterocycles. The van der Waals surface area contributed by atoms with Gasteiger partial charge in [-0.1, -0.05) is 36.4 Å². The van der Waals surface area contributed by atoms with Crippen LogP contribution in [0.25, 0.3) is 0 Å². The van der Waals surface area contributed by atoms with Crippen LogP contribution in [-0.2, 0) is 9.47 Å². The molecular formula is C10H19IO2. The topological polar surface area (TPSA) is 18.5 Å². The Morgan fingerprint density at radius 3 is 2.62 bits per heavy atom. The van der Waals surface area contributed by atoms with Crippen LogP contribution in [0.3, 0.4) is 0 Å². The number of hydrogen-bond acceptors (Lipinski definition) is 2. The van der Waals surface area contributed by atoms with E-state index in [2.05, 4.69) is 36.4 Å². The number of hydrogen-bond donors (Lipinski definition) is 0. The highest BCUT2D eigenvalue weighted by Gasteiger charge is 2.21. The van der Waals surface area contributed by atoms with Crippen LogP contribution in [0.15, 0.2) is 0 Å². The van der Waals surface area contributed by atoms with E-state index in [9.17, 15) is 0 Å². The standard InChI is InChI=1S/C10H19IO2/c1-8(2)3-4-9-6-12-7-10(5-11)13-9/h8-10H,3-7H2,1-2H3. The van der Waals surface area contributed by atoms with Crippen molar-refractivity contribution >= 4 is 22.6 Å². The molecule has 1 aliphatic rings. The lowest BCUT2D eigenvalue weighted by Gasteiger charge is -2.29. The molecule has 1 saturated heterocycles. The van der Waals surface area contributed by atoms with Gasteiger partial charge in [0.2, 0.25) is 0 Å². The van der Waals surface area contributed by atoms with Gasteiger partial charge in [0.05, 0.1) is 25.4 Å². The Kier molecular flexibility index (Phi) is 5.58. The van der Waals surface area contributed by atoms with Gasteiger partial charge in [0.15, 0.2) is 0 Å². The molecule has 0 spiro atoms. The summed E-state index contributed by atoms with van der Waals surface area (Å²) in [7, 11) is 0. The first-order valence-electron chi connectivity index (χ1n) is 5.01. The first kappa shape index (κ1) is 11.7. The van der Waals surface area contributed by atoms with E-state index in [4.69, 9.17) is 9.47 Å². The van der Waals surface area contributed by atoms with Crippen molar-refractivity contribution in [2.75, 3.05) is 17.6 Å². The summed E-state index contributed by atoms with van der Waals surface area (Å²) < 4.78 is 12.4. The van der Waals surface area contributed by atoms with Crippen LogP contribution in [0, 0.1) is 5.92 Å². The van der Waals surface area contributed by atoms with Crippen molar-refractivity contribution in [2.45, 2.75) is 38.9 Å². The van der Waals surface area contributed by atoms with Crippen molar-refractivity contribution in [1.29, 1.82) is 0 Å². The Morgan fingerprint density at radius 2 is 2.00 bits per heavy atom. The molecule has 0 saturated carbocycles. The first-order chi connectivity index (χ1) is 6.22. The summed E-state index contributed by atoms with van der Waals surface area (Å²) in [6, 6.07) is 0. The van der Waals surface area contributed by atoms with Crippen molar-refractivity contribution < 1.29 is 9.47 Å². The molecule has 0 N–H and O–H groups in total. The van der Waals surface area contributed by atoms with Crippen molar-refractivity contribution in [3.05, 3.63) is 0 Å². The highest BCUT2D eigenvalue weighted by Crippen LogP contribution is 2.16. The predicted molar refractivity (Wildman–Crippen MR) is 62.4 cm³/mol. The van der Waals surface area contributed by atoms with E-state index in [1.807, 2.05) is 0 Å². The number of halogens is 1. The van der Waals surface area contributed by atoms with E-state index in [-0.39, 0.29) is 0 Å². The summed E-state index contributed by atoms with van der Waals surface area (Å²) in [6.07, 6.45) is 3.05. The summed E-state index contributed by atoms with van der Waals surface area (Å²) in [5, 5.41) is 0. The molecule has 1 fully saturated rings. The van der Waals surface area contributed by atoms with E-state index in [0.717, 1.165) is 30.0 Å². The summed E-state index contributed by atoms with van der Waals surface area (Å²) in [4.78, 5) is 0. The van der Waals surface area contributed by atoms with Gasteiger partial charge in [-0.05, 0) is 18.8 Å². The van der Waals surface area contributed by atoms with Crippen LogP contribution in [0.5, 0.6) is 0 Å². The smallest absolute Gasteiger partial charge is 0.0902 e. The van der Waals surface area contributed by atoms with Crippen molar-refractivity contribution in [1.82, 2.24) is 0 Å². The Hall–Kier alpha value is 0.650. The maximum atomic E-state index is 5.85. The molecule has 3 heteroatoms. The van der Waals surface area contributed by atoms with E-state index in [1.165, 1.54) is 6.42 Å². The lowest BCUT2D eigenvalue weighted by atomic mass is 10.0. The third-order valence-electron chi connectivity index (χ3n) is 2.23. The zero-order valence-corrected chi connectivity index (χ0v) is 10.6. The second kappa shape index (κ2) is 6.19. The summed E-state index contributed by atoms with van der Waals surface area (Å²) in [5.41, 5.74) is 0. The van der Waals surface area contributed by atoms with Crippen LogP contribution < -0.4 is 0 Å². The molecule has 1 heterocycles. The Balaban J connectivity index is 2.18. The average Bonchev–Trinajstić information content (AvgIpc) is 2.15. The highest BCUT2D eigenvalue weighted by molar-refractivity contribution is 14.1. The fourth-order valence-electron chi connectivity index (χ4n) is 1.43. The van der Waals surface area contributed by atoms with Gasteiger partial charge in [0.1, 0.15) is 0 Å². The van der Waals surface area contributed by atoms with E-state index in [1.54, 1.807) is 0 Å². The van der Waals surface area contributed by atoms with Gasteiger partial charge in [0, 0.05) is 4.43 Å². The normalized spacial score (nSPS) is 29.5. The number of ether oxygens (including phenoxy) is 2. The van der Waals surface area contributed by atoms with E-state index in [0.29, 0.717) is 12.2 Å². The third-order valence-corrected chi connectivity index (χ3v) is 3.21. The largest absolute Gasteiger partial charge is 0.376 e. The first-order valence-corrected chi connectivity index (χ1v) is 6.54. The van der Waals surface area contributed by atoms with Crippen LogP contribution in [-0.4, -0.2) is 29.8 Å². The van der Waals surface area contributed by atoms with Crippen LogP contribution in [0.2, 0.25) is 0 Å². The molecule has 0 aromatic rings. The Morgan fingerprint density at radius 1 is 1.31 bits per heavy atom. The van der Waals surface area contributed by atoms with Gasteiger partial charge < -0.3 is 9.47 Å². The second-order valence-electron chi connectivity index (χ2n) is 4.04. The molecule has 13 heavy (non-hydrogen) atoms. The molecule has 2 unspecified atom stereocenters. The van der Waals surface area contributed by atoms with Gasteiger partial charge in [-0.3, -0.25) is 0 Å². The maximum Gasteiger partial charge on any atom is 0.0902 e. The van der Waals surface area contributed by atoms with Crippen molar-refractivity contribution in [3.63, 3.8) is 0 Å². The van der Waals surface area contributed by atoms with Gasteiger partial charge in [-0.25, -0.2) is 0 Å². The SMILES string of the molecule is CC(C)CCC1COCC(CI)O1. The van der Waals surface area contributed by atoms with Crippen LogP contribution in [0.4, 0.5) is 0 Å². The molecule has 0 bridgehead atoms. The van der Waals surface area contributed by atoms with Crippen molar-refractivity contribution in [2.24, 2.45) is 5.92 Å². The lowest BCUT2D eigenvalue weighted by Crippen LogP contribution is -2.37. The highest BCUT2D eigenvalue weighted by atomic mass is 127. The molecule has 78 valence electrons. The molecule has 1 rings (SSSR count). The molecule has 0 aliphatic carbocycles. The van der Waals surface area contributed by atoms with E-state index < -0.39 is 0 Å². The molecule has 0 radical (unpaired) electrons. The average molecular weight is 298 g/mol. The zero-order valence-electron chi connectivity index (χ0n) is 8.46. The summed E-state index contributed by atoms with van der Waals surface area (Å²) in [5.74, 6) is 0.767. The minimum atomic E-state index is 0.325. The minimum absolute atomic E-state index is 0.325. The molecule has 2 atom stereocenters. The monoisotopic (exact) mass is 298 g/mol. The fraction of sp³-hybridized carbons (Fsp3) is 1.00. The molecule has 0 aromatic carbocycles. The van der Waals surface area contributed by atoms with Gasteiger partial charge in [0.25, 0.3) is 0 Å². The third kappa shape index (κ3) is 4.61. The zero-order chi connectivity index (χ0) is 9.68. The quantitative estimate of drug-likeness (QED) is 0.587. The van der Waals surface area contributed by atoms with Gasteiger partial charge in [-0.15, -0.1) is 0 Å². The molecule has 2 nitrogen and oxygen atoms in total. The Labute approximate surface area is 94.5 Å². The lowest BCUT2D eigenvalue weighted by molar-refractivity contribution is -0.130. The summed E-state index contributed by atoms with van der Waals surface area (Å²) in [6.45, 7) is 6.07. The maximum absolute atomic E-state index is 5.85. The minimum Gasteiger partial charge on any atom is -0.376 e. The van der Waals surface area contributed by atoms with Crippen LogP contribution in [0.1, 0.15) is 26.7 Å². The second-order valence-corrected chi connectivity index (χ2v) is 4.92. The predicted octanol–water partition coefficient (Wildman–Crippen LogP) is 2.64. The Bertz CT molecular complexity index is 139. The van der Waals surface area contributed by atoms with Crippen LogP contribution >= 0.6 is 22.6 Å². The number of rotatable bonds is 4. The van der Waals surface area contributed by atoms with Gasteiger partial charge >= 0.3 is 0 Å². The van der Waals surface area contributed by atoms with Crippen molar-refractivity contribution in [3.8, 4) is 0 Å².